The monoisotopic (exact) mass is 352 g/mol. The number of rotatable bonds is 8. The number of nitrogens with two attached hydrogens (primary N) is 2. The highest BCUT2D eigenvalue weighted by Crippen LogP contribution is 2.35. The summed E-state index contributed by atoms with van der Waals surface area (Å²) in [5.74, 6) is -1.57. The Hall–Kier alpha value is -0.400. The van der Waals surface area contributed by atoms with Gasteiger partial charge in [-0.1, -0.05) is 0 Å². The van der Waals surface area contributed by atoms with Crippen LogP contribution in [0.5, 0.6) is 0 Å². The molecule has 2 fully saturated rings. The normalized spacial score (nSPS) is 36.6. The smallest absolute Gasteiger partial charge is 0.328 e. The molecule has 0 radical (unpaired) electrons. The molecule has 2 unspecified atom stereocenters. The van der Waals surface area contributed by atoms with Gasteiger partial charge in [0.1, 0.15) is 6.04 Å². The Morgan fingerprint density at radius 2 is 1.50 bits per heavy atom. The van der Waals surface area contributed by atoms with E-state index in [-0.39, 0.29) is 32.5 Å². The second-order valence-corrected chi connectivity index (χ2v) is 5.26. The summed E-state index contributed by atoms with van der Waals surface area (Å²) < 4.78 is 44.4. The van der Waals surface area contributed by atoms with Crippen LogP contribution in [0.2, 0.25) is 0 Å². The average Bonchev–Trinajstić information content (AvgIpc) is 2.55. The van der Waals surface area contributed by atoms with Crippen LogP contribution in [0.3, 0.4) is 0 Å². The van der Waals surface area contributed by atoms with Gasteiger partial charge in [0, 0.05) is 13.2 Å². The zero-order chi connectivity index (χ0) is 17.6. The average molecular weight is 352 g/mol. The lowest BCUT2D eigenvalue weighted by Gasteiger charge is -2.48. The van der Waals surface area contributed by atoms with E-state index in [9.17, 15) is 0 Å². The van der Waals surface area contributed by atoms with Gasteiger partial charge >= 0.3 is 12.1 Å². The summed E-state index contributed by atoms with van der Waals surface area (Å²) in [6.45, 7) is 5.70. The van der Waals surface area contributed by atoms with Gasteiger partial charge in [-0.2, -0.15) is 0 Å². The molecule has 0 amide bonds. The van der Waals surface area contributed by atoms with E-state index < -0.39 is 24.7 Å². The molecule has 2 atom stereocenters. The third-order valence-corrected chi connectivity index (χ3v) is 3.31. The van der Waals surface area contributed by atoms with E-state index >= 15 is 0 Å². The van der Waals surface area contributed by atoms with Crippen LogP contribution in [0.1, 0.15) is 20.8 Å². The van der Waals surface area contributed by atoms with Crippen LogP contribution in [-0.4, -0.2) is 70.3 Å². The Morgan fingerprint density at radius 3 is 2.04 bits per heavy atom. The third-order valence-electron chi connectivity index (χ3n) is 3.31. The molecule has 0 aromatic carbocycles. The fourth-order valence-electron chi connectivity index (χ4n) is 2.32. The predicted octanol–water partition coefficient (Wildman–Crippen LogP) is -0.591. The molecule has 10 nitrogen and oxygen atoms in total. The second kappa shape index (κ2) is 8.81. The highest BCUT2D eigenvalue weighted by Gasteiger charge is 2.57. The SMILES string of the molecule is CCOC1(OC2OCC(N)CO2)OCC(N)C(OCC)(OCC)O1. The minimum atomic E-state index is -1.93. The Morgan fingerprint density at radius 1 is 0.917 bits per heavy atom. The van der Waals surface area contributed by atoms with Gasteiger partial charge in [0.2, 0.25) is 0 Å². The minimum Gasteiger partial charge on any atom is -0.328 e. The van der Waals surface area contributed by atoms with Gasteiger partial charge < -0.3 is 39.9 Å². The second-order valence-electron chi connectivity index (χ2n) is 5.26. The lowest BCUT2D eigenvalue weighted by molar-refractivity contribution is -0.621. The molecular weight excluding hydrogens is 324 g/mol. The van der Waals surface area contributed by atoms with Crippen molar-refractivity contribution in [2.24, 2.45) is 11.5 Å². The van der Waals surface area contributed by atoms with Gasteiger partial charge in [0.05, 0.1) is 32.5 Å². The molecule has 2 rings (SSSR count). The minimum absolute atomic E-state index is 0.0201. The summed E-state index contributed by atoms with van der Waals surface area (Å²) >= 11 is 0. The quantitative estimate of drug-likeness (QED) is 0.547. The van der Waals surface area contributed by atoms with E-state index in [0.717, 1.165) is 0 Å². The van der Waals surface area contributed by atoms with E-state index in [1.165, 1.54) is 0 Å². The number of ether oxygens (including phenoxy) is 8. The Balaban J connectivity index is 2.14. The van der Waals surface area contributed by atoms with Gasteiger partial charge in [-0.15, -0.1) is 0 Å². The van der Waals surface area contributed by atoms with Crippen molar-refractivity contribution in [3.8, 4) is 0 Å². The van der Waals surface area contributed by atoms with Crippen molar-refractivity contribution in [3.05, 3.63) is 0 Å². The molecule has 0 saturated carbocycles. The zero-order valence-corrected chi connectivity index (χ0v) is 14.4. The first-order valence-electron chi connectivity index (χ1n) is 8.17. The molecule has 0 aliphatic carbocycles. The topological polar surface area (TPSA) is 126 Å². The highest BCUT2D eigenvalue weighted by atomic mass is 17.1. The molecule has 0 aromatic heterocycles. The largest absolute Gasteiger partial charge is 0.421 e. The molecule has 24 heavy (non-hydrogen) atoms. The molecule has 0 spiro atoms. The summed E-state index contributed by atoms with van der Waals surface area (Å²) in [7, 11) is 0. The van der Waals surface area contributed by atoms with Gasteiger partial charge in [0.25, 0.3) is 6.48 Å². The Labute approximate surface area is 141 Å². The van der Waals surface area contributed by atoms with Crippen molar-refractivity contribution >= 4 is 0 Å². The molecule has 10 heteroatoms. The van der Waals surface area contributed by atoms with Gasteiger partial charge in [-0.05, 0) is 20.8 Å². The molecule has 2 aliphatic rings. The fraction of sp³-hybridized carbons (Fsp3) is 1.00. The van der Waals surface area contributed by atoms with Crippen LogP contribution in [-0.2, 0) is 37.9 Å². The van der Waals surface area contributed by atoms with E-state index in [1.807, 2.05) is 0 Å². The lowest BCUT2D eigenvalue weighted by Crippen LogP contribution is -2.67. The van der Waals surface area contributed by atoms with Crippen LogP contribution in [0.15, 0.2) is 0 Å². The van der Waals surface area contributed by atoms with Crippen molar-refractivity contribution in [1.82, 2.24) is 0 Å². The van der Waals surface area contributed by atoms with Gasteiger partial charge in [-0.3, -0.25) is 0 Å². The van der Waals surface area contributed by atoms with Crippen molar-refractivity contribution in [2.75, 3.05) is 39.6 Å². The van der Waals surface area contributed by atoms with E-state index in [0.29, 0.717) is 13.2 Å². The summed E-state index contributed by atoms with van der Waals surface area (Å²) in [6.07, 6.45) is -1.93. The summed E-state index contributed by atoms with van der Waals surface area (Å²) in [4.78, 5) is 0. The molecule has 142 valence electrons. The van der Waals surface area contributed by atoms with Crippen molar-refractivity contribution in [3.63, 3.8) is 0 Å². The van der Waals surface area contributed by atoms with Gasteiger partial charge in [0.15, 0.2) is 0 Å². The molecular formula is C14H28N2O8. The number of hydrogen-bond acceptors (Lipinski definition) is 10. The predicted molar refractivity (Wildman–Crippen MR) is 80.1 cm³/mol. The molecule has 2 saturated heterocycles. The Bertz CT molecular complexity index is 374. The molecule has 2 aliphatic heterocycles. The molecule has 0 bridgehead atoms. The summed E-state index contributed by atoms with van der Waals surface area (Å²) in [5.41, 5.74) is 11.8. The van der Waals surface area contributed by atoms with Crippen LogP contribution < -0.4 is 11.5 Å². The van der Waals surface area contributed by atoms with E-state index in [4.69, 9.17) is 49.4 Å². The van der Waals surface area contributed by atoms with Gasteiger partial charge in [-0.25, -0.2) is 9.47 Å². The Kier molecular flexibility index (Phi) is 7.31. The maximum Gasteiger partial charge on any atom is 0.421 e. The van der Waals surface area contributed by atoms with E-state index in [1.54, 1.807) is 20.8 Å². The summed E-state index contributed by atoms with van der Waals surface area (Å²) in [5, 5.41) is 0. The van der Waals surface area contributed by atoms with E-state index in [2.05, 4.69) is 0 Å². The van der Waals surface area contributed by atoms with Crippen LogP contribution >= 0.6 is 0 Å². The summed E-state index contributed by atoms with van der Waals surface area (Å²) in [6, 6.07) is -0.920. The van der Waals surface area contributed by atoms with Crippen molar-refractivity contribution < 1.29 is 37.9 Å². The first kappa shape index (κ1) is 19.9. The zero-order valence-electron chi connectivity index (χ0n) is 14.4. The highest BCUT2D eigenvalue weighted by molar-refractivity contribution is 4.79. The van der Waals surface area contributed by atoms with Crippen LogP contribution in [0, 0.1) is 0 Å². The molecule has 4 N–H and O–H groups in total. The molecule has 2 heterocycles. The number of hydrogen-bond donors (Lipinski definition) is 2. The third kappa shape index (κ3) is 4.61. The maximum atomic E-state index is 6.06. The lowest BCUT2D eigenvalue weighted by atomic mass is 10.2. The maximum absolute atomic E-state index is 6.06. The first-order chi connectivity index (χ1) is 11.5. The van der Waals surface area contributed by atoms with Crippen molar-refractivity contribution in [2.45, 2.75) is 51.5 Å². The molecule has 0 aromatic rings. The standard InChI is InChI=1S/C14H28N2O8/c1-4-19-13(20-5-2)11(16)9-22-14(24-13,21-6-3)23-12-17-7-10(15)8-18-12/h10-12H,4-9,15-16H2,1-3H3. The van der Waals surface area contributed by atoms with Crippen LogP contribution in [0.25, 0.3) is 0 Å². The van der Waals surface area contributed by atoms with Crippen LogP contribution in [0.4, 0.5) is 0 Å². The van der Waals surface area contributed by atoms with Crippen molar-refractivity contribution in [1.29, 1.82) is 0 Å². The first-order valence-corrected chi connectivity index (χ1v) is 8.17. The fourth-order valence-corrected chi connectivity index (χ4v) is 2.32.